The number of pyridine rings is 1. The van der Waals surface area contributed by atoms with Crippen molar-refractivity contribution in [1.29, 1.82) is 0 Å². The predicted molar refractivity (Wildman–Crippen MR) is 37.0 cm³/mol. The Morgan fingerprint density at radius 3 is 2.80 bits per heavy atom. The second kappa shape index (κ2) is 3.14. The van der Waals surface area contributed by atoms with Gasteiger partial charge in [-0.1, -0.05) is 0 Å². The van der Waals surface area contributed by atoms with Crippen molar-refractivity contribution in [2.45, 2.75) is 6.35 Å². The summed E-state index contributed by atoms with van der Waals surface area (Å²) in [5.74, 6) is 0.581. The predicted octanol–water partition coefficient (Wildman–Crippen LogP) is -0.339. The van der Waals surface area contributed by atoms with Gasteiger partial charge in [-0.05, 0) is 12.1 Å². The van der Waals surface area contributed by atoms with E-state index in [9.17, 15) is 0 Å². The van der Waals surface area contributed by atoms with Crippen molar-refractivity contribution >= 4 is 0 Å². The molecule has 0 saturated heterocycles. The molecular weight excluding hydrogens is 130 g/mol. The largest absolute Gasteiger partial charge is 0.461 e. The summed E-state index contributed by atoms with van der Waals surface area (Å²) in [5.41, 5.74) is 10.3. The Balaban J connectivity index is 2.59. The maximum Gasteiger partial charge on any atom is 0.202 e. The number of nitrogens with two attached hydrogens (primary N) is 2. The summed E-state index contributed by atoms with van der Waals surface area (Å²) < 4.78 is 4.91. The minimum Gasteiger partial charge on any atom is -0.461 e. The zero-order chi connectivity index (χ0) is 7.40. The molecule has 0 aromatic carbocycles. The van der Waals surface area contributed by atoms with Crippen molar-refractivity contribution in [3.05, 3.63) is 24.5 Å². The molecule has 1 heterocycles. The highest BCUT2D eigenvalue weighted by molar-refractivity contribution is 5.15. The molecule has 54 valence electrons. The van der Waals surface area contributed by atoms with Gasteiger partial charge in [0.05, 0.1) is 6.20 Å². The lowest BCUT2D eigenvalue weighted by atomic mass is 10.5. The number of aromatic nitrogens is 1. The van der Waals surface area contributed by atoms with Crippen LogP contribution in [-0.2, 0) is 0 Å². The first-order valence-electron chi connectivity index (χ1n) is 2.87. The number of rotatable bonds is 2. The highest BCUT2D eigenvalue weighted by Gasteiger charge is 1.94. The topological polar surface area (TPSA) is 74.2 Å². The van der Waals surface area contributed by atoms with Gasteiger partial charge in [-0.25, -0.2) is 0 Å². The Morgan fingerprint density at radius 1 is 1.50 bits per heavy atom. The van der Waals surface area contributed by atoms with Crippen LogP contribution in [-0.4, -0.2) is 11.3 Å². The lowest BCUT2D eigenvalue weighted by Gasteiger charge is -2.07. The number of nitrogens with zero attached hydrogens (tertiary/aromatic N) is 1. The molecule has 1 rings (SSSR count). The first kappa shape index (κ1) is 6.98. The van der Waals surface area contributed by atoms with E-state index in [1.54, 1.807) is 24.5 Å². The number of hydrogen-bond acceptors (Lipinski definition) is 4. The zero-order valence-electron chi connectivity index (χ0n) is 5.40. The summed E-state index contributed by atoms with van der Waals surface area (Å²) in [5, 5.41) is 0. The minimum absolute atomic E-state index is 0.581. The molecule has 0 amide bonds. The van der Waals surface area contributed by atoms with E-state index in [-0.39, 0.29) is 0 Å². The monoisotopic (exact) mass is 139 g/mol. The molecule has 0 aliphatic carbocycles. The van der Waals surface area contributed by atoms with Gasteiger partial charge < -0.3 is 4.74 Å². The summed E-state index contributed by atoms with van der Waals surface area (Å²) in [4.78, 5) is 3.80. The summed E-state index contributed by atoms with van der Waals surface area (Å²) in [6.07, 6.45) is 2.42. The second-order valence-corrected chi connectivity index (χ2v) is 1.77. The molecule has 1 aromatic rings. The third-order valence-electron chi connectivity index (χ3n) is 0.907. The highest BCUT2D eigenvalue weighted by atomic mass is 16.5. The van der Waals surface area contributed by atoms with E-state index < -0.39 is 6.35 Å². The molecule has 0 unspecified atom stereocenters. The summed E-state index contributed by atoms with van der Waals surface area (Å²) in [7, 11) is 0. The van der Waals surface area contributed by atoms with Crippen LogP contribution in [0.4, 0.5) is 0 Å². The summed E-state index contributed by atoms with van der Waals surface area (Å²) >= 11 is 0. The molecule has 4 heteroatoms. The summed E-state index contributed by atoms with van der Waals surface area (Å²) in [6.45, 7) is 0. The van der Waals surface area contributed by atoms with Gasteiger partial charge in [0.2, 0.25) is 6.35 Å². The molecule has 0 atom stereocenters. The van der Waals surface area contributed by atoms with E-state index in [1.807, 2.05) is 0 Å². The normalized spacial score (nSPS) is 9.90. The molecule has 0 aliphatic heterocycles. The van der Waals surface area contributed by atoms with E-state index in [4.69, 9.17) is 16.2 Å². The quantitative estimate of drug-likeness (QED) is 0.550. The van der Waals surface area contributed by atoms with Crippen LogP contribution >= 0.6 is 0 Å². The van der Waals surface area contributed by atoms with Crippen LogP contribution in [0.1, 0.15) is 0 Å². The molecule has 0 bridgehead atoms. The molecule has 0 radical (unpaired) electrons. The Morgan fingerprint density at radius 2 is 2.30 bits per heavy atom. The third-order valence-corrected chi connectivity index (χ3v) is 0.907. The Labute approximate surface area is 58.8 Å². The van der Waals surface area contributed by atoms with Crippen LogP contribution in [0.2, 0.25) is 0 Å². The van der Waals surface area contributed by atoms with Crippen molar-refractivity contribution < 1.29 is 4.74 Å². The van der Waals surface area contributed by atoms with Crippen molar-refractivity contribution in [1.82, 2.24) is 4.98 Å². The molecular formula is C6H9N3O. The van der Waals surface area contributed by atoms with Gasteiger partial charge in [0.1, 0.15) is 5.75 Å². The third kappa shape index (κ3) is 2.00. The van der Waals surface area contributed by atoms with Gasteiger partial charge in [0.25, 0.3) is 0 Å². The van der Waals surface area contributed by atoms with Crippen LogP contribution in [0.15, 0.2) is 24.5 Å². The van der Waals surface area contributed by atoms with E-state index in [1.165, 1.54) is 0 Å². The van der Waals surface area contributed by atoms with Gasteiger partial charge >= 0.3 is 0 Å². The first-order chi connectivity index (χ1) is 4.79. The average molecular weight is 139 g/mol. The second-order valence-electron chi connectivity index (χ2n) is 1.77. The molecule has 10 heavy (non-hydrogen) atoms. The molecule has 1 aromatic heterocycles. The van der Waals surface area contributed by atoms with E-state index >= 15 is 0 Å². The molecule has 0 saturated carbocycles. The molecule has 0 aliphatic rings. The Kier molecular flexibility index (Phi) is 2.20. The van der Waals surface area contributed by atoms with Crippen molar-refractivity contribution in [2.24, 2.45) is 11.5 Å². The van der Waals surface area contributed by atoms with Crippen molar-refractivity contribution in [2.75, 3.05) is 0 Å². The van der Waals surface area contributed by atoms with Gasteiger partial charge in [-0.3, -0.25) is 16.5 Å². The molecule has 0 fully saturated rings. The van der Waals surface area contributed by atoms with Gasteiger partial charge in [-0.15, -0.1) is 0 Å². The van der Waals surface area contributed by atoms with Crippen LogP contribution in [0.3, 0.4) is 0 Å². The lowest BCUT2D eigenvalue weighted by molar-refractivity contribution is 0.217. The summed E-state index contributed by atoms with van der Waals surface area (Å²) in [6, 6.07) is 3.48. The first-order valence-corrected chi connectivity index (χ1v) is 2.87. The Hall–Kier alpha value is -1.13. The van der Waals surface area contributed by atoms with Crippen molar-refractivity contribution in [3.63, 3.8) is 0 Å². The fourth-order valence-corrected chi connectivity index (χ4v) is 0.574. The highest BCUT2D eigenvalue weighted by Crippen LogP contribution is 2.05. The SMILES string of the molecule is NC(N)Oc1cccnc1. The minimum atomic E-state index is -0.774. The number of hydrogen-bond donors (Lipinski definition) is 2. The average Bonchev–Trinajstić information content (AvgIpc) is 1.88. The standard InChI is InChI=1S/C6H9N3O/c7-6(8)10-5-2-1-3-9-4-5/h1-4,6H,7-8H2. The zero-order valence-corrected chi connectivity index (χ0v) is 5.40. The molecule has 4 N–H and O–H groups in total. The maximum absolute atomic E-state index is 5.15. The number of ether oxygens (including phenoxy) is 1. The molecule has 0 spiro atoms. The van der Waals surface area contributed by atoms with Gasteiger partial charge in [-0.2, -0.15) is 0 Å². The van der Waals surface area contributed by atoms with Crippen LogP contribution in [0.25, 0.3) is 0 Å². The smallest absolute Gasteiger partial charge is 0.202 e. The van der Waals surface area contributed by atoms with Crippen LogP contribution in [0, 0.1) is 0 Å². The maximum atomic E-state index is 5.15. The Bertz CT molecular complexity index is 187. The fourth-order valence-electron chi connectivity index (χ4n) is 0.574. The van der Waals surface area contributed by atoms with Crippen LogP contribution < -0.4 is 16.2 Å². The van der Waals surface area contributed by atoms with Gasteiger partial charge in [0, 0.05) is 6.20 Å². The molecule has 4 nitrogen and oxygen atoms in total. The van der Waals surface area contributed by atoms with Crippen LogP contribution in [0.5, 0.6) is 5.75 Å². The lowest BCUT2D eigenvalue weighted by Crippen LogP contribution is -2.36. The van der Waals surface area contributed by atoms with E-state index in [0.29, 0.717) is 5.75 Å². The van der Waals surface area contributed by atoms with E-state index in [2.05, 4.69) is 4.98 Å². The van der Waals surface area contributed by atoms with Gasteiger partial charge in [0.15, 0.2) is 0 Å². The fraction of sp³-hybridized carbons (Fsp3) is 0.167. The van der Waals surface area contributed by atoms with E-state index in [0.717, 1.165) is 0 Å². The van der Waals surface area contributed by atoms with Crippen molar-refractivity contribution in [3.8, 4) is 5.75 Å².